The molecule has 0 bridgehead atoms. The molecule has 0 unspecified atom stereocenters. The van der Waals surface area contributed by atoms with Gasteiger partial charge in [0.2, 0.25) is 0 Å². The maximum Gasteiger partial charge on any atom is 0.280 e. The molecule has 0 spiro atoms. The van der Waals surface area contributed by atoms with Gasteiger partial charge < -0.3 is 5.11 Å². The lowest BCUT2D eigenvalue weighted by atomic mass is 9.78. The SMILES string of the molecule is CC(C)(C)[S@@](=O)C[C@](C)(c1cc(Br)c(F)cc1F)C(F)(F)CO. The second-order valence-electron chi connectivity index (χ2n) is 6.54. The van der Waals surface area contributed by atoms with Crippen LogP contribution in [0.1, 0.15) is 33.3 Å². The second kappa shape index (κ2) is 6.80. The average molecular weight is 419 g/mol. The Kier molecular flexibility index (Phi) is 6.08. The van der Waals surface area contributed by atoms with Crippen LogP contribution in [-0.4, -0.2) is 32.3 Å². The molecule has 0 aliphatic carbocycles. The van der Waals surface area contributed by atoms with Gasteiger partial charge >= 0.3 is 0 Å². The lowest BCUT2D eigenvalue weighted by Crippen LogP contribution is -2.51. The molecule has 1 aromatic carbocycles. The molecular weight excluding hydrogens is 400 g/mol. The van der Waals surface area contributed by atoms with E-state index < -0.39 is 56.4 Å². The van der Waals surface area contributed by atoms with Crippen molar-refractivity contribution in [3.8, 4) is 0 Å². The molecule has 0 aromatic heterocycles. The monoisotopic (exact) mass is 418 g/mol. The van der Waals surface area contributed by atoms with Crippen molar-refractivity contribution >= 4 is 26.7 Å². The number of rotatable bonds is 5. The summed E-state index contributed by atoms with van der Waals surface area (Å²) in [6.07, 6.45) is 0. The van der Waals surface area contributed by atoms with E-state index in [4.69, 9.17) is 5.11 Å². The summed E-state index contributed by atoms with van der Waals surface area (Å²) in [5.74, 6) is -6.43. The van der Waals surface area contributed by atoms with Gasteiger partial charge in [0.1, 0.15) is 18.2 Å². The van der Waals surface area contributed by atoms with Gasteiger partial charge in [-0.3, -0.25) is 4.21 Å². The molecule has 1 N–H and O–H groups in total. The summed E-state index contributed by atoms with van der Waals surface area (Å²) in [4.78, 5) is 0. The molecule has 0 saturated carbocycles. The predicted molar refractivity (Wildman–Crippen MR) is 86.2 cm³/mol. The van der Waals surface area contributed by atoms with E-state index in [2.05, 4.69) is 15.9 Å². The smallest absolute Gasteiger partial charge is 0.280 e. The fourth-order valence-corrected chi connectivity index (χ4v) is 3.65. The van der Waals surface area contributed by atoms with Crippen LogP contribution in [0.5, 0.6) is 0 Å². The normalized spacial score (nSPS) is 17.0. The zero-order valence-electron chi connectivity index (χ0n) is 13.2. The summed E-state index contributed by atoms with van der Waals surface area (Å²) in [6, 6.07) is 1.40. The number of alkyl halides is 2. The first-order chi connectivity index (χ1) is 10.3. The zero-order valence-corrected chi connectivity index (χ0v) is 15.6. The van der Waals surface area contributed by atoms with E-state index in [0.29, 0.717) is 6.07 Å². The van der Waals surface area contributed by atoms with Crippen molar-refractivity contribution in [3.63, 3.8) is 0 Å². The van der Waals surface area contributed by atoms with E-state index in [1.165, 1.54) is 0 Å². The Hall–Kier alpha value is -0.470. The van der Waals surface area contributed by atoms with E-state index >= 15 is 0 Å². The predicted octanol–water partition coefficient (Wildman–Crippen LogP) is 4.16. The molecule has 23 heavy (non-hydrogen) atoms. The molecule has 0 saturated heterocycles. The number of aliphatic hydroxyl groups is 1. The molecule has 132 valence electrons. The number of hydrogen-bond donors (Lipinski definition) is 1. The topological polar surface area (TPSA) is 37.3 Å². The van der Waals surface area contributed by atoms with Crippen molar-refractivity contribution < 1.29 is 26.9 Å². The van der Waals surface area contributed by atoms with Gasteiger partial charge in [0.05, 0.1) is 9.89 Å². The van der Waals surface area contributed by atoms with Gasteiger partial charge in [-0.05, 0) is 49.7 Å². The standard InChI is InChI=1S/C15H19BrF4O2S/c1-13(2,3)23(22)8-14(4,15(19,20)7-21)9-5-10(16)12(18)6-11(9)17/h5-6,21H,7-8H2,1-4H3/t14-,23+/m1/s1. The van der Waals surface area contributed by atoms with Crippen molar-refractivity contribution in [2.75, 3.05) is 12.4 Å². The third kappa shape index (κ3) is 4.14. The van der Waals surface area contributed by atoms with E-state index in [9.17, 15) is 21.8 Å². The van der Waals surface area contributed by atoms with Crippen molar-refractivity contribution in [3.05, 3.63) is 33.8 Å². The fourth-order valence-electron chi connectivity index (χ4n) is 1.98. The second-order valence-corrected chi connectivity index (χ2v) is 9.60. The lowest BCUT2D eigenvalue weighted by Gasteiger charge is -2.38. The Labute approximate surface area is 143 Å². The molecule has 0 fully saturated rings. The van der Waals surface area contributed by atoms with Gasteiger partial charge in [0, 0.05) is 32.9 Å². The van der Waals surface area contributed by atoms with Crippen LogP contribution in [0.2, 0.25) is 0 Å². The fraction of sp³-hybridized carbons (Fsp3) is 0.600. The average Bonchev–Trinajstić information content (AvgIpc) is 2.41. The highest BCUT2D eigenvalue weighted by atomic mass is 79.9. The minimum absolute atomic E-state index is 0.185. The number of hydrogen-bond acceptors (Lipinski definition) is 2. The van der Waals surface area contributed by atoms with E-state index in [1.807, 2.05) is 0 Å². The summed E-state index contributed by atoms with van der Waals surface area (Å²) < 4.78 is 67.7. The van der Waals surface area contributed by atoms with Crippen LogP contribution < -0.4 is 0 Å². The third-order valence-electron chi connectivity index (χ3n) is 3.71. The summed E-state index contributed by atoms with van der Waals surface area (Å²) in [7, 11) is -1.74. The highest BCUT2D eigenvalue weighted by Gasteiger charge is 2.54. The Morgan fingerprint density at radius 1 is 1.13 bits per heavy atom. The first-order valence-electron chi connectivity index (χ1n) is 6.78. The Morgan fingerprint density at radius 2 is 1.65 bits per heavy atom. The molecule has 1 aromatic rings. The van der Waals surface area contributed by atoms with E-state index in [0.717, 1.165) is 13.0 Å². The molecule has 0 aliphatic heterocycles. The number of benzene rings is 1. The summed E-state index contributed by atoms with van der Waals surface area (Å²) in [5.41, 5.74) is -2.76. The lowest BCUT2D eigenvalue weighted by molar-refractivity contribution is -0.103. The molecule has 0 amide bonds. The van der Waals surface area contributed by atoms with Gasteiger partial charge in [-0.15, -0.1) is 0 Å². The molecule has 2 atom stereocenters. The molecule has 2 nitrogen and oxygen atoms in total. The van der Waals surface area contributed by atoms with Crippen molar-refractivity contribution in [1.82, 2.24) is 0 Å². The van der Waals surface area contributed by atoms with Crippen LogP contribution in [0.15, 0.2) is 16.6 Å². The molecule has 0 radical (unpaired) electrons. The minimum Gasteiger partial charge on any atom is -0.390 e. The van der Waals surface area contributed by atoms with Crippen LogP contribution >= 0.6 is 15.9 Å². The summed E-state index contributed by atoms with van der Waals surface area (Å²) in [5, 5.41) is 9.06. The Balaban J connectivity index is 3.54. The minimum atomic E-state index is -3.74. The third-order valence-corrected chi connectivity index (χ3v) is 6.53. The highest BCUT2D eigenvalue weighted by Crippen LogP contribution is 2.43. The highest BCUT2D eigenvalue weighted by molar-refractivity contribution is 9.10. The van der Waals surface area contributed by atoms with Crippen molar-refractivity contribution in [2.24, 2.45) is 0 Å². The summed E-state index contributed by atoms with van der Waals surface area (Å²) >= 11 is 2.84. The van der Waals surface area contributed by atoms with Crippen LogP contribution in [0, 0.1) is 11.6 Å². The largest absolute Gasteiger partial charge is 0.390 e. The maximum atomic E-state index is 14.4. The first-order valence-corrected chi connectivity index (χ1v) is 8.89. The van der Waals surface area contributed by atoms with E-state index in [1.54, 1.807) is 20.8 Å². The molecule has 1 rings (SSSR count). The van der Waals surface area contributed by atoms with Crippen molar-refractivity contribution in [2.45, 2.75) is 43.8 Å². The van der Waals surface area contributed by atoms with Gasteiger partial charge in [0.25, 0.3) is 5.92 Å². The molecule has 0 aliphatic rings. The summed E-state index contributed by atoms with van der Waals surface area (Å²) in [6.45, 7) is 4.31. The molecular formula is C15H19BrF4O2S. The van der Waals surface area contributed by atoms with Crippen LogP contribution in [0.25, 0.3) is 0 Å². The quantitative estimate of drug-likeness (QED) is 0.575. The molecule has 8 heteroatoms. The zero-order chi connectivity index (χ0) is 18.2. The number of halogens is 5. The maximum absolute atomic E-state index is 14.4. The van der Waals surface area contributed by atoms with Crippen LogP contribution in [0.3, 0.4) is 0 Å². The van der Waals surface area contributed by atoms with Crippen LogP contribution in [0.4, 0.5) is 17.6 Å². The molecule has 0 heterocycles. The van der Waals surface area contributed by atoms with Crippen molar-refractivity contribution in [1.29, 1.82) is 0 Å². The van der Waals surface area contributed by atoms with Gasteiger partial charge in [-0.1, -0.05) is 0 Å². The van der Waals surface area contributed by atoms with Gasteiger partial charge in [-0.25, -0.2) is 17.6 Å². The Morgan fingerprint density at radius 3 is 2.09 bits per heavy atom. The van der Waals surface area contributed by atoms with Gasteiger partial charge in [0.15, 0.2) is 0 Å². The first kappa shape index (κ1) is 20.6. The van der Waals surface area contributed by atoms with Gasteiger partial charge in [-0.2, -0.15) is 0 Å². The van der Waals surface area contributed by atoms with E-state index in [-0.39, 0.29) is 4.47 Å². The van der Waals surface area contributed by atoms with Crippen LogP contribution in [-0.2, 0) is 16.2 Å². The Bertz CT molecular complexity index is 616. The number of aliphatic hydroxyl groups excluding tert-OH is 1.